The fraction of sp³-hybridized carbons (Fsp3) is 0.333. The quantitative estimate of drug-likeness (QED) is 0.592. The molecule has 0 aliphatic heterocycles. The number of amides is 1. The number of nitrogens with zero attached hydrogens (tertiary/aromatic N) is 5. The topological polar surface area (TPSA) is 98.2 Å². The minimum atomic E-state index is -0.538. The Morgan fingerprint density at radius 1 is 1.32 bits per heavy atom. The van der Waals surface area contributed by atoms with Gasteiger partial charge in [0.1, 0.15) is 0 Å². The summed E-state index contributed by atoms with van der Waals surface area (Å²) in [5, 5.41) is 7.10. The second kappa shape index (κ2) is 8.42. The largest absolute Gasteiger partial charge is 0.437 e. The molecule has 0 fully saturated rings. The Bertz CT molecular complexity index is 1020. The van der Waals surface area contributed by atoms with Crippen molar-refractivity contribution >= 4 is 27.7 Å². The summed E-state index contributed by atoms with van der Waals surface area (Å²) in [6, 6.07) is 7.86. The highest BCUT2D eigenvalue weighted by Gasteiger charge is 2.22. The molecule has 28 heavy (non-hydrogen) atoms. The summed E-state index contributed by atoms with van der Waals surface area (Å²) < 4.78 is 9.12. The van der Waals surface area contributed by atoms with Gasteiger partial charge in [0.25, 0.3) is 5.91 Å². The van der Waals surface area contributed by atoms with Crippen LogP contribution in [-0.2, 0) is 26.6 Å². The van der Waals surface area contributed by atoms with Crippen molar-refractivity contribution in [2.45, 2.75) is 19.5 Å². The maximum atomic E-state index is 12.7. The van der Waals surface area contributed by atoms with E-state index in [0.717, 1.165) is 10.0 Å². The van der Waals surface area contributed by atoms with E-state index in [1.807, 2.05) is 24.3 Å². The third kappa shape index (κ3) is 4.33. The van der Waals surface area contributed by atoms with Crippen molar-refractivity contribution in [1.82, 2.24) is 24.2 Å². The Kier molecular flexibility index (Phi) is 5.98. The highest BCUT2D eigenvalue weighted by Crippen LogP contribution is 2.15. The van der Waals surface area contributed by atoms with Crippen LogP contribution in [0.15, 0.2) is 44.3 Å². The number of hydrogen-bond acceptors (Lipinski definition) is 6. The normalized spacial score (nSPS) is 10.9. The van der Waals surface area contributed by atoms with Crippen molar-refractivity contribution in [3.63, 3.8) is 0 Å². The first-order valence-electron chi connectivity index (χ1n) is 8.65. The van der Waals surface area contributed by atoms with Gasteiger partial charge in [0, 0.05) is 25.6 Å². The Balaban J connectivity index is 1.67. The van der Waals surface area contributed by atoms with Gasteiger partial charge in [-0.15, -0.1) is 5.10 Å². The van der Waals surface area contributed by atoms with Gasteiger partial charge in [-0.25, -0.2) is 9.78 Å². The van der Waals surface area contributed by atoms with E-state index in [1.165, 1.54) is 9.58 Å². The van der Waals surface area contributed by atoms with E-state index < -0.39 is 5.76 Å². The van der Waals surface area contributed by atoms with Crippen LogP contribution in [-0.4, -0.2) is 44.2 Å². The third-order valence-electron chi connectivity index (χ3n) is 4.27. The van der Waals surface area contributed by atoms with Crippen LogP contribution >= 0.6 is 15.9 Å². The molecular formula is C18H21BrN6O3. The standard InChI is InChI=1S/C18H21BrN6O3/c1-20-16-15(24(3)11-21-16)17(26)23(2)10-14-22-25(18(27)28-14)9-8-12-4-6-13(19)7-5-12/h4-7,11,20H,8-10H2,1-3H3. The molecular weight excluding hydrogens is 428 g/mol. The van der Waals surface area contributed by atoms with E-state index in [0.29, 0.717) is 24.5 Å². The molecule has 0 saturated carbocycles. The van der Waals surface area contributed by atoms with Gasteiger partial charge in [-0.3, -0.25) is 4.79 Å². The first-order chi connectivity index (χ1) is 13.4. The molecule has 2 heterocycles. The first kappa shape index (κ1) is 19.9. The Labute approximate surface area is 170 Å². The Morgan fingerprint density at radius 2 is 2.04 bits per heavy atom. The van der Waals surface area contributed by atoms with E-state index in [-0.39, 0.29) is 18.3 Å². The zero-order chi connectivity index (χ0) is 20.3. The van der Waals surface area contributed by atoms with Crippen LogP contribution in [0.4, 0.5) is 5.82 Å². The van der Waals surface area contributed by atoms with Crippen LogP contribution in [0.3, 0.4) is 0 Å². The molecule has 3 aromatic rings. The fourth-order valence-corrected chi connectivity index (χ4v) is 3.03. The van der Waals surface area contributed by atoms with Crippen molar-refractivity contribution in [3.8, 4) is 0 Å². The third-order valence-corrected chi connectivity index (χ3v) is 4.80. The lowest BCUT2D eigenvalue weighted by molar-refractivity contribution is 0.0763. The predicted molar refractivity (Wildman–Crippen MR) is 107 cm³/mol. The maximum Gasteiger partial charge on any atom is 0.437 e. The molecule has 0 aliphatic carbocycles. The van der Waals surface area contributed by atoms with Gasteiger partial charge in [-0.05, 0) is 24.1 Å². The highest BCUT2D eigenvalue weighted by molar-refractivity contribution is 9.10. The Hall–Kier alpha value is -2.88. The van der Waals surface area contributed by atoms with Gasteiger partial charge in [0.15, 0.2) is 11.5 Å². The smallest absolute Gasteiger partial charge is 0.390 e. The molecule has 10 heteroatoms. The van der Waals surface area contributed by atoms with E-state index in [9.17, 15) is 9.59 Å². The number of carbonyl (C=O) groups is 1. The molecule has 148 valence electrons. The zero-order valence-corrected chi connectivity index (χ0v) is 17.4. The van der Waals surface area contributed by atoms with Gasteiger partial charge in [-0.1, -0.05) is 28.1 Å². The molecule has 1 amide bonds. The Morgan fingerprint density at radius 3 is 2.71 bits per heavy atom. The second-order valence-electron chi connectivity index (χ2n) is 6.33. The van der Waals surface area contributed by atoms with Gasteiger partial charge >= 0.3 is 5.76 Å². The number of anilines is 1. The molecule has 1 N–H and O–H groups in total. The number of nitrogens with one attached hydrogen (secondary N) is 1. The summed E-state index contributed by atoms with van der Waals surface area (Å²) >= 11 is 3.39. The lowest BCUT2D eigenvalue weighted by Crippen LogP contribution is -2.28. The lowest BCUT2D eigenvalue weighted by Gasteiger charge is -2.15. The number of aromatic nitrogens is 4. The lowest BCUT2D eigenvalue weighted by atomic mass is 10.1. The second-order valence-corrected chi connectivity index (χ2v) is 7.24. The molecule has 0 unspecified atom stereocenters. The van der Waals surface area contributed by atoms with Crippen molar-refractivity contribution < 1.29 is 9.21 Å². The van der Waals surface area contributed by atoms with Crippen LogP contribution < -0.4 is 11.1 Å². The monoisotopic (exact) mass is 448 g/mol. The van der Waals surface area contributed by atoms with Gasteiger partial charge < -0.3 is 19.2 Å². The van der Waals surface area contributed by atoms with Gasteiger partial charge in [0.2, 0.25) is 5.89 Å². The summed E-state index contributed by atoms with van der Waals surface area (Å²) in [4.78, 5) is 30.3. The summed E-state index contributed by atoms with van der Waals surface area (Å²) in [5.41, 5.74) is 1.50. The summed E-state index contributed by atoms with van der Waals surface area (Å²) in [6.45, 7) is 0.473. The van der Waals surface area contributed by atoms with Crippen LogP contribution in [0.2, 0.25) is 0 Å². The van der Waals surface area contributed by atoms with E-state index in [4.69, 9.17) is 4.42 Å². The maximum absolute atomic E-state index is 12.7. The van der Waals surface area contributed by atoms with Crippen LogP contribution in [0, 0.1) is 0 Å². The van der Waals surface area contributed by atoms with Crippen LogP contribution in [0.1, 0.15) is 21.9 Å². The molecule has 3 rings (SSSR count). The molecule has 0 spiro atoms. The number of hydrogen-bond donors (Lipinski definition) is 1. The molecule has 0 saturated heterocycles. The SMILES string of the molecule is CNc1ncn(C)c1C(=O)N(C)Cc1nn(CCc2ccc(Br)cc2)c(=O)o1. The number of halogens is 1. The van der Waals surface area contributed by atoms with Gasteiger partial charge in [-0.2, -0.15) is 4.68 Å². The molecule has 1 aromatic carbocycles. The predicted octanol–water partition coefficient (Wildman–Crippen LogP) is 1.89. The van der Waals surface area contributed by atoms with Crippen molar-refractivity contribution in [2.75, 3.05) is 19.4 Å². The van der Waals surface area contributed by atoms with Crippen molar-refractivity contribution in [3.05, 3.63) is 62.8 Å². The number of rotatable bonds is 7. The number of imidazole rings is 1. The molecule has 0 atom stereocenters. The van der Waals surface area contributed by atoms with Gasteiger partial charge in [0.05, 0.1) is 19.4 Å². The van der Waals surface area contributed by atoms with Crippen LogP contribution in [0.5, 0.6) is 0 Å². The summed E-state index contributed by atoms with van der Waals surface area (Å²) in [7, 11) is 5.06. The first-order valence-corrected chi connectivity index (χ1v) is 9.44. The van der Waals surface area contributed by atoms with E-state index in [2.05, 4.69) is 31.3 Å². The average Bonchev–Trinajstić information content (AvgIpc) is 3.22. The number of aryl methyl sites for hydroxylation is 3. The number of benzene rings is 1. The summed E-state index contributed by atoms with van der Waals surface area (Å²) in [5.74, 6) is -0.119. The molecule has 0 aliphatic rings. The average molecular weight is 449 g/mol. The van der Waals surface area contributed by atoms with E-state index >= 15 is 0 Å². The van der Waals surface area contributed by atoms with Crippen molar-refractivity contribution in [2.24, 2.45) is 7.05 Å². The van der Waals surface area contributed by atoms with Crippen molar-refractivity contribution in [1.29, 1.82) is 0 Å². The highest BCUT2D eigenvalue weighted by atomic mass is 79.9. The zero-order valence-electron chi connectivity index (χ0n) is 15.8. The molecule has 0 radical (unpaired) electrons. The molecule has 9 nitrogen and oxygen atoms in total. The number of carbonyl (C=O) groups excluding carboxylic acids is 1. The fourth-order valence-electron chi connectivity index (χ4n) is 2.76. The molecule has 2 aromatic heterocycles. The minimum Gasteiger partial charge on any atom is -0.390 e. The van der Waals surface area contributed by atoms with E-state index in [1.54, 1.807) is 32.0 Å². The van der Waals surface area contributed by atoms with Crippen LogP contribution in [0.25, 0.3) is 0 Å². The summed E-state index contributed by atoms with van der Waals surface area (Å²) in [6.07, 6.45) is 2.21. The minimum absolute atomic E-state index is 0.0771. The molecule has 0 bridgehead atoms.